The molecule has 1 atom stereocenters. The summed E-state index contributed by atoms with van der Waals surface area (Å²) in [5.74, 6) is -0.173. The lowest BCUT2D eigenvalue weighted by Crippen LogP contribution is -2.36. The molecular formula is C9H12ClN3O2S. The van der Waals surface area contributed by atoms with Crippen LogP contribution in [0.25, 0.3) is 0 Å². The summed E-state index contributed by atoms with van der Waals surface area (Å²) in [6, 6.07) is -0.146. The van der Waals surface area contributed by atoms with Crippen molar-refractivity contribution in [2.75, 3.05) is 13.7 Å². The van der Waals surface area contributed by atoms with Crippen molar-refractivity contribution < 1.29 is 9.53 Å². The number of nitrogens with zero attached hydrogens (tertiary/aromatic N) is 3. The van der Waals surface area contributed by atoms with Gasteiger partial charge in [-0.3, -0.25) is 9.69 Å². The summed E-state index contributed by atoms with van der Waals surface area (Å²) < 4.78 is 5.20. The van der Waals surface area contributed by atoms with Gasteiger partial charge in [0.25, 0.3) is 0 Å². The molecule has 1 aliphatic heterocycles. The fourth-order valence-electron chi connectivity index (χ4n) is 1.89. The molecule has 0 aliphatic carbocycles. The average Bonchev–Trinajstić information content (AvgIpc) is 2.87. The Bertz CT molecular complexity index is 385. The van der Waals surface area contributed by atoms with Gasteiger partial charge in [-0.15, -0.1) is 10.2 Å². The predicted octanol–water partition coefficient (Wildman–Crippen LogP) is 1.33. The van der Waals surface area contributed by atoms with Crippen molar-refractivity contribution in [3.8, 4) is 0 Å². The van der Waals surface area contributed by atoms with Crippen molar-refractivity contribution in [2.45, 2.75) is 25.4 Å². The highest BCUT2D eigenvalue weighted by Gasteiger charge is 2.31. The number of methoxy groups -OCH3 is 1. The largest absolute Gasteiger partial charge is 0.468 e. The van der Waals surface area contributed by atoms with E-state index >= 15 is 0 Å². The third-order valence-electron chi connectivity index (χ3n) is 2.62. The first-order chi connectivity index (χ1) is 7.70. The van der Waals surface area contributed by atoms with E-state index in [1.54, 1.807) is 0 Å². The molecule has 88 valence electrons. The van der Waals surface area contributed by atoms with E-state index in [2.05, 4.69) is 15.1 Å². The number of rotatable bonds is 3. The third-order valence-corrected chi connectivity index (χ3v) is 3.62. The van der Waals surface area contributed by atoms with Gasteiger partial charge < -0.3 is 4.74 Å². The quantitative estimate of drug-likeness (QED) is 0.769. The van der Waals surface area contributed by atoms with E-state index in [1.807, 2.05) is 0 Å². The molecule has 5 nitrogen and oxygen atoms in total. The minimum absolute atomic E-state index is 0.146. The van der Waals surface area contributed by atoms with Crippen LogP contribution in [0.1, 0.15) is 17.8 Å². The van der Waals surface area contributed by atoms with E-state index < -0.39 is 0 Å². The molecule has 2 rings (SSSR count). The smallest absolute Gasteiger partial charge is 0.323 e. The van der Waals surface area contributed by atoms with E-state index in [9.17, 15) is 4.79 Å². The lowest BCUT2D eigenvalue weighted by atomic mass is 10.2. The van der Waals surface area contributed by atoms with E-state index in [-0.39, 0.29) is 12.0 Å². The van der Waals surface area contributed by atoms with Crippen LogP contribution in [0.15, 0.2) is 0 Å². The van der Waals surface area contributed by atoms with Crippen LogP contribution < -0.4 is 0 Å². The molecule has 0 bridgehead atoms. The highest BCUT2D eigenvalue weighted by atomic mass is 35.5. The van der Waals surface area contributed by atoms with Gasteiger partial charge >= 0.3 is 5.97 Å². The molecule has 7 heteroatoms. The van der Waals surface area contributed by atoms with Crippen LogP contribution in [0.4, 0.5) is 0 Å². The fourth-order valence-corrected chi connectivity index (χ4v) is 2.78. The molecule has 1 aromatic heterocycles. The first kappa shape index (κ1) is 11.8. The molecular weight excluding hydrogens is 250 g/mol. The SMILES string of the molecule is COC(=O)C1CCCN1Cc1nnc(Cl)s1. The molecule has 1 fully saturated rings. The first-order valence-electron chi connectivity index (χ1n) is 5.00. The van der Waals surface area contributed by atoms with Crippen LogP contribution >= 0.6 is 22.9 Å². The lowest BCUT2D eigenvalue weighted by Gasteiger charge is -2.20. The number of carbonyl (C=O) groups excluding carboxylic acids is 1. The Morgan fingerprint density at radius 3 is 3.12 bits per heavy atom. The molecule has 0 saturated carbocycles. The molecule has 2 heterocycles. The minimum atomic E-state index is -0.173. The van der Waals surface area contributed by atoms with Crippen molar-refractivity contribution in [1.29, 1.82) is 0 Å². The summed E-state index contributed by atoms with van der Waals surface area (Å²) in [6.45, 7) is 1.50. The lowest BCUT2D eigenvalue weighted by molar-refractivity contribution is -0.146. The average molecular weight is 262 g/mol. The molecule has 16 heavy (non-hydrogen) atoms. The highest BCUT2D eigenvalue weighted by molar-refractivity contribution is 7.15. The van der Waals surface area contributed by atoms with Crippen LogP contribution in [0, 0.1) is 0 Å². The number of aromatic nitrogens is 2. The van der Waals surface area contributed by atoms with Crippen molar-refractivity contribution in [2.24, 2.45) is 0 Å². The molecule has 1 aliphatic rings. The van der Waals surface area contributed by atoms with Gasteiger partial charge in [-0.05, 0) is 31.0 Å². The van der Waals surface area contributed by atoms with Crippen LogP contribution in [0.2, 0.25) is 4.47 Å². The van der Waals surface area contributed by atoms with Gasteiger partial charge in [-0.1, -0.05) is 11.3 Å². The summed E-state index contributed by atoms with van der Waals surface area (Å²) in [4.78, 5) is 13.6. The van der Waals surface area contributed by atoms with Gasteiger partial charge in [-0.2, -0.15) is 0 Å². The number of likely N-dealkylation sites (tertiary alicyclic amines) is 1. The zero-order chi connectivity index (χ0) is 11.5. The minimum Gasteiger partial charge on any atom is -0.468 e. The topological polar surface area (TPSA) is 55.3 Å². The van der Waals surface area contributed by atoms with Crippen molar-refractivity contribution in [3.63, 3.8) is 0 Å². The molecule has 0 radical (unpaired) electrons. The Morgan fingerprint density at radius 1 is 1.69 bits per heavy atom. The number of esters is 1. The Labute approximate surface area is 102 Å². The molecule has 1 aromatic rings. The third kappa shape index (κ3) is 2.50. The van der Waals surface area contributed by atoms with Crippen LogP contribution in [-0.2, 0) is 16.1 Å². The second-order valence-electron chi connectivity index (χ2n) is 3.60. The Balaban J connectivity index is 2.01. The number of hydrogen-bond acceptors (Lipinski definition) is 6. The van der Waals surface area contributed by atoms with E-state index in [4.69, 9.17) is 16.3 Å². The Kier molecular flexibility index (Phi) is 3.73. The molecule has 0 amide bonds. The van der Waals surface area contributed by atoms with Crippen LogP contribution in [0.5, 0.6) is 0 Å². The number of hydrogen-bond donors (Lipinski definition) is 0. The second-order valence-corrected chi connectivity index (χ2v) is 5.24. The molecule has 0 aromatic carbocycles. The predicted molar refractivity (Wildman–Crippen MR) is 60.4 cm³/mol. The zero-order valence-electron chi connectivity index (χ0n) is 8.85. The van der Waals surface area contributed by atoms with Crippen molar-refractivity contribution >= 4 is 28.9 Å². The van der Waals surface area contributed by atoms with Crippen molar-refractivity contribution in [1.82, 2.24) is 15.1 Å². The molecule has 1 saturated heterocycles. The summed E-state index contributed by atoms with van der Waals surface area (Å²) in [7, 11) is 1.42. The summed E-state index contributed by atoms with van der Waals surface area (Å²) in [6.07, 6.45) is 1.85. The molecule has 0 spiro atoms. The maximum Gasteiger partial charge on any atom is 0.323 e. The van der Waals surface area contributed by atoms with Gasteiger partial charge in [0.05, 0.1) is 13.7 Å². The standard InChI is InChI=1S/C9H12ClN3O2S/c1-15-8(14)6-3-2-4-13(6)5-7-11-12-9(10)16-7/h6H,2-5H2,1H3. The maximum atomic E-state index is 11.5. The van der Waals surface area contributed by atoms with E-state index in [1.165, 1.54) is 18.4 Å². The summed E-state index contributed by atoms with van der Waals surface area (Å²) >= 11 is 7.05. The van der Waals surface area contributed by atoms with E-state index in [0.717, 1.165) is 24.4 Å². The van der Waals surface area contributed by atoms with Gasteiger partial charge in [0, 0.05) is 0 Å². The number of halogens is 1. The molecule has 0 N–H and O–H groups in total. The zero-order valence-corrected chi connectivity index (χ0v) is 10.4. The number of ether oxygens (including phenoxy) is 1. The van der Waals surface area contributed by atoms with Gasteiger partial charge in [0.15, 0.2) is 0 Å². The summed E-state index contributed by atoms with van der Waals surface area (Å²) in [5.41, 5.74) is 0. The maximum absolute atomic E-state index is 11.5. The van der Waals surface area contributed by atoms with Gasteiger partial charge in [-0.25, -0.2) is 0 Å². The number of carbonyl (C=O) groups is 1. The normalized spacial score (nSPS) is 21.2. The van der Waals surface area contributed by atoms with Gasteiger partial charge in [0.1, 0.15) is 11.0 Å². The van der Waals surface area contributed by atoms with Gasteiger partial charge in [0.2, 0.25) is 4.47 Å². The van der Waals surface area contributed by atoms with Crippen molar-refractivity contribution in [3.05, 3.63) is 9.47 Å². The Morgan fingerprint density at radius 2 is 2.50 bits per heavy atom. The monoisotopic (exact) mass is 261 g/mol. The second kappa shape index (κ2) is 5.07. The fraction of sp³-hybridized carbons (Fsp3) is 0.667. The summed E-state index contributed by atoms with van der Waals surface area (Å²) in [5, 5.41) is 8.52. The van der Waals surface area contributed by atoms with Crippen LogP contribution in [0.3, 0.4) is 0 Å². The molecule has 1 unspecified atom stereocenters. The van der Waals surface area contributed by atoms with E-state index in [0.29, 0.717) is 11.0 Å². The highest BCUT2D eigenvalue weighted by Crippen LogP contribution is 2.23. The Hall–Kier alpha value is -0.720. The first-order valence-corrected chi connectivity index (χ1v) is 6.20. The van der Waals surface area contributed by atoms with Crippen LogP contribution in [-0.4, -0.2) is 40.8 Å².